The van der Waals surface area contributed by atoms with Crippen molar-refractivity contribution < 1.29 is 8.42 Å². The van der Waals surface area contributed by atoms with Crippen molar-refractivity contribution in [3.8, 4) is 9.88 Å². The molecule has 33 heavy (non-hydrogen) atoms. The summed E-state index contributed by atoms with van der Waals surface area (Å²) in [5, 5.41) is 7.15. The lowest BCUT2D eigenvalue weighted by Gasteiger charge is -2.34. The Labute approximate surface area is 199 Å². The van der Waals surface area contributed by atoms with Gasteiger partial charge in [0.05, 0.1) is 15.5 Å². The fourth-order valence-corrected chi connectivity index (χ4v) is 7.37. The van der Waals surface area contributed by atoms with Gasteiger partial charge in [-0.15, -0.1) is 11.3 Å². The minimum atomic E-state index is -3.53. The van der Waals surface area contributed by atoms with Gasteiger partial charge in [0.1, 0.15) is 0 Å². The lowest BCUT2D eigenvalue weighted by atomic mass is 10.2. The van der Waals surface area contributed by atoms with E-state index in [1.807, 2.05) is 43.5 Å². The molecular weight excluding hydrogens is 478 g/mol. The van der Waals surface area contributed by atoms with Crippen LogP contribution in [-0.2, 0) is 16.6 Å². The fraction of sp³-hybridized carbons (Fsp3) is 0.318. The molecule has 4 aromatic rings. The minimum absolute atomic E-state index is 0.204. The fourth-order valence-electron chi connectivity index (χ4n) is 4.02. The van der Waals surface area contributed by atoms with Gasteiger partial charge in [-0.05, 0) is 36.9 Å². The van der Waals surface area contributed by atoms with Gasteiger partial charge in [0.2, 0.25) is 15.0 Å². The highest BCUT2D eigenvalue weighted by Crippen LogP contribution is 2.28. The Hall–Kier alpha value is -2.44. The molecule has 0 amide bonds. The van der Waals surface area contributed by atoms with Crippen molar-refractivity contribution in [1.82, 2.24) is 23.8 Å². The van der Waals surface area contributed by atoms with Crippen molar-refractivity contribution in [2.24, 2.45) is 0 Å². The highest BCUT2D eigenvalue weighted by Gasteiger charge is 2.29. The Morgan fingerprint density at radius 2 is 1.85 bits per heavy atom. The van der Waals surface area contributed by atoms with E-state index in [1.165, 1.54) is 21.9 Å². The van der Waals surface area contributed by atoms with E-state index < -0.39 is 10.0 Å². The van der Waals surface area contributed by atoms with Crippen molar-refractivity contribution in [3.05, 3.63) is 69.0 Å². The molecule has 1 fully saturated rings. The van der Waals surface area contributed by atoms with Gasteiger partial charge in [0.25, 0.3) is 5.56 Å². The van der Waals surface area contributed by atoms with Crippen molar-refractivity contribution in [3.63, 3.8) is 0 Å². The molecule has 4 heterocycles. The van der Waals surface area contributed by atoms with Gasteiger partial charge >= 0.3 is 0 Å². The number of benzene rings is 1. The van der Waals surface area contributed by atoms with E-state index in [0.717, 1.165) is 21.0 Å². The van der Waals surface area contributed by atoms with Crippen LogP contribution in [0.2, 0.25) is 0 Å². The molecule has 8 nitrogen and oxygen atoms in total. The van der Waals surface area contributed by atoms with Gasteiger partial charge in [0, 0.05) is 38.8 Å². The summed E-state index contributed by atoms with van der Waals surface area (Å²) < 4.78 is 29.1. The van der Waals surface area contributed by atoms with Gasteiger partial charge < -0.3 is 0 Å². The number of hydrogen-bond donors (Lipinski definition) is 0. The molecule has 0 radical (unpaired) electrons. The van der Waals surface area contributed by atoms with E-state index in [9.17, 15) is 13.2 Å². The minimum Gasteiger partial charge on any atom is -0.295 e. The molecule has 0 unspecified atom stereocenters. The number of nitrogens with zero attached hydrogens (tertiary/aromatic N) is 5. The van der Waals surface area contributed by atoms with Gasteiger partial charge in [0.15, 0.2) is 5.01 Å². The standard InChI is InChI=1S/C22H23N5O3S3/c1-15-5-6-19(16(2)12-15)33(29,30)26-9-7-25(8-10-26)14-17-13-20(28)27-22(23-17)32-21(24-27)18-4-3-11-31-18/h3-6,11-13H,7-10,14H2,1-2H3. The van der Waals surface area contributed by atoms with Gasteiger partial charge in [-0.2, -0.15) is 13.9 Å². The highest BCUT2D eigenvalue weighted by molar-refractivity contribution is 7.89. The molecule has 1 aliphatic rings. The molecule has 1 aromatic carbocycles. The zero-order valence-corrected chi connectivity index (χ0v) is 20.7. The molecule has 0 saturated carbocycles. The largest absolute Gasteiger partial charge is 0.295 e. The summed E-state index contributed by atoms with van der Waals surface area (Å²) in [6.07, 6.45) is 0. The van der Waals surface area contributed by atoms with E-state index >= 15 is 0 Å². The molecule has 1 saturated heterocycles. The first-order valence-corrected chi connectivity index (χ1v) is 13.7. The number of piperazine rings is 1. The second-order valence-electron chi connectivity index (χ2n) is 8.11. The number of fused-ring (bicyclic) bond motifs is 1. The van der Waals surface area contributed by atoms with Crippen molar-refractivity contribution >= 4 is 37.7 Å². The zero-order chi connectivity index (χ0) is 23.2. The van der Waals surface area contributed by atoms with Gasteiger partial charge in [-0.1, -0.05) is 35.1 Å². The van der Waals surface area contributed by atoms with Crippen LogP contribution in [0.1, 0.15) is 16.8 Å². The number of rotatable bonds is 5. The van der Waals surface area contributed by atoms with Crippen LogP contribution in [0.15, 0.2) is 51.5 Å². The maximum atomic E-state index is 13.1. The first-order chi connectivity index (χ1) is 15.8. The summed E-state index contributed by atoms with van der Waals surface area (Å²) >= 11 is 2.97. The van der Waals surface area contributed by atoms with Crippen molar-refractivity contribution in [2.45, 2.75) is 25.3 Å². The third-order valence-corrected chi connectivity index (χ3v) is 9.70. The van der Waals surface area contributed by atoms with Gasteiger partial charge in [-0.3, -0.25) is 9.69 Å². The lowest BCUT2D eigenvalue weighted by molar-refractivity contribution is 0.180. The second kappa shape index (κ2) is 8.73. The van der Waals surface area contributed by atoms with Crippen LogP contribution in [0.3, 0.4) is 0 Å². The molecule has 3 aromatic heterocycles. The molecule has 0 N–H and O–H groups in total. The Bertz CT molecular complexity index is 1470. The maximum Gasteiger partial charge on any atom is 0.275 e. The molecular formula is C22H23N5O3S3. The monoisotopic (exact) mass is 501 g/mol. The first kappa shape index (κ1) is 22.4. The summed E-state index contributed by atoms with van der Waals surface area (Å²) in [5.41, 5.74) is 2.28. The smallest absolute Gasteiger partial charge is 0.275 e. The molecule has 11 heteroatoms. The quantitative estimate of drug-likeness (QED) is 0.418. The van der Waals surface area contributed by atoms with Crippen LogP contribution in [0.25, 0.3) is 14.8 Å². The molecule has 0 atom stereocenters. The Kier molecular flexibility index (Phi) is 5.91. The van der Waals surface area contributed by atoms with E-state index in [4.69, 9.17) is 0 Å². The number of sulfonamides is 1. The number of thiophene rings is 1. The van der Waals surface area contributed by atoms with Crippen LogP contribution in [0.5, 0.6) is 0 Å². The van der Waals surface area contributed by atoms with Crippen LogP contribution in [0.4, 0.5) is 0 Å². The molecule has 5 rings (SSSR count). The third-order valence-electron chi connectivity index (χ3n) is 5.70. The van der Waals surface area contributed by atoms with Crippen LogP contribution in [-0.4, -0.2) is 58.4 Å². The van der Waals surface area contributed by atoms with Crippen molar-refractivity contribution in [2.75, 3.05) is 26.2 Å². The normalized spacial score (nSPS) is 15.9. The zero-order valence-electron chi connectivity index (χ0n) is 18.3. The summed E-state index contributed by atoms with van der Waals surface area (Å²) in [7, 11) is -3.53. The highest BCUT2D eigenvalue weighted by atomic mass is 32.2. The molecule has 1 aliphatic heterocycles. The molecule has 0 aliphatic carbocycles. The van der Waals surface area contributed by atoms with Crippen LogP contribution < -0.4 is 5.56 Å². The summed E-state index contributed by atoms with van der Waals surface area (Å²) in [4.78, 5) is 21.3. The average molecular weight is 502 g/mol. The van der Waals surface area contributed by atoms with E-state index in [-0.39, 0.29) is 5.56 Å². The molecule has 0 spiro atoms. The maximum absolute atomic E-state index is 13.1. The molecule has 172 valence electrons. The van der Waals surface area contributed by atoms with Gasteiger partial charge in [-0.25, -0.2) is 13.4 Å². The lowest BCUT2D eigenvalue weighted by Crippen LogP contribution is -2.48. The Morgan fingerprint density at radius 3 is 2.55 bits per heavy atom. The van der Waals surface area contributed by atoms with E-state index in [1.54, 1.807) is 21.7 Å². The predicted octanol–water partition coefficient (Wildman–Crippen LogP) is 3.00. The van der Waals surface area contributed by atoms with E-state index in [0.29, 0.717) is 48.3 Å². The van der Waals surface area contributed by atoms with Crippen LogP contribution in [0, 0.1) is 13.8 Å². The number of hydrogen-bond acceptors (Lipinski definition) is 8. The topological polar surface area (TPSA) is 87.9 Å². The van der Waals surface area contributed by atoms with E-state index in [2.05, 4.69) is 15.0 Å². The first-order valence-electron chi connectivity index (χ1n) is 10.5. The number of aromatic nitrogens is 3. The predicted molar refractivity (Wildman–Crippen MR) is 130 cm³/mol. The summed E-state index contributed by atoms with van der Waals surface area (Å²) in [5.74, 6) is 0. The molecule has 0 bridgehead atoms. The van der Waals surface area contributed by atoms with Crippen LogP contribution >= 0.6 is 22.7 Å². The second-order valence-corrected chi connectivity index (χ2v) is 11.9. The Morgan fingerprint density at radius 1 is 1.06 bits per heavy atom. The summed E-state index contributed by atoms with van der Waals surface area (Å²) in [6.45, 7) is 6.24. The SMILES string of the molecule is Cc1ccc(S(=O)(=O)N2CCN(Cc3cc(=O)n4nc(-c5cccs5)sc4n3)CC2)c(C)c1. The Balaban J connectivity index is 1.29. The third kappa shape index (κ3) is 4.38. The summed E-state index contributed by atoms with van der Waals surface area (Å²) in [6, 6.07) is 10.9. The van der Waals surface area contributed by atoms with Crippen molar-refractivity contribution in [1.29, 1.82) is 0 Å². The number of aryl methyl sites for hydroxylation is 2. The average Bonchev–Trinajstić information content (AvgIpc) is 3.44.